The van der Waals surface area contributed by atoms with Crippen LogP contribution in [0.4, 0.5) is 0 Å². The molecule has 0 unspecified atom stereocenters. The number of nitrogens with one attached hydrogen (secondary N) is 2. The first kappa shape index (κ1) is 10.9. The van der Waals surface area contributed by atoms with Gasteiger partial charge in [-0.2, -0.15) is 5.10 Å². The number of H-pyrrole nitrogens is 2. The van der Waals surface area contributed by atoms with Crippen LogP contribution in [0.2, 0.25) is 0 Å². The van der Waals surface area contributed by atoms with Crippen LogP contribution in [-0.2, 0) is 0 Å². The van der Waals surface area contributed by atoms with Crippen molar-refractivity contribution in [3.05, 3.63) is 59.0 Å². The smallest absolute Gasteiger partial charge is 0.292 e. The largest absolute Gasteiger partial charge is 0.336 e. The molecular weight excluding hydrogens is 252 g/mol. The number of fused-ring (bicyclic) bond motifs is 2. The maximum absolute atomic E-state index is 11.6. The lowest BCUT2D eigenvalue weighted by molar-refractivity contribution is 1.01. The lowest BCUT2D eigenvalue weighted by atomic mass is 10.1. The van der Waals surface area contributed by atoms with E-state index in [-0.39, 0.29) is 5.56 Å². The van der Waals surface area contributed by atoms with E-state index in [1.807, 2.05) is 24.3 Å². The van der Waals surface area contributed by atoms with E-state index in [2.05, 4.69) is 38.4 Å². The molecule has 0 amide bonds. The molecule has 4 aromatic rings. The van der Waals surface area contributed by atoms with Crippen molar-refractivity contribution in [2.75, 3.05) is 0 Å². The zero-order valence-electron chi connectivity index (χ0n) is 10.4. The molecule has 2 aromatic heterocycles. The average Bonchev–Trinajstić information content (AvgIpc) is 2.92. The van der Waals surface area contributed by atoms with E-state index in [0.29, 0.717) is 16.9 Å². The van der Waals surface area contributed by atoms with Crippen LogP contribution in [0.15, 0.2) is 53.5 Å². The fourth-order valence-electron chi connectivity index (χ4n) is 2.33. The Morgan fingerprint density at radius 1 is 1.00 bits per heavy atom. The summed E-state index contributed by atoms with van der Waals surface area (Å²) in [5, 5.41) is 8.45. The van der Waals surface area contributed by atoms with Crippen molar-refractivity contribution in [2.45, 2.75) is 0 Å². The van der Waals surface area contributed by atoms with E-state index in [1.165, 1.54) is 5.39 Å². The third-order valence-corrected chi connectivity index (χ3v) is 3.33. The lowest BCUT2D eigenvalue weighted by Gasteiger charge is -2.00. The Hall–Kier alpha value is -2.95. The van der Waals surface area contributed by atoms with Crippen LogP contribution in [0.1, 0.15) is 0 Å². The second kappa shape index (κ2) is 4.03. The lowest BCUT2D eigenvalue weighted by Crippen LogP contribution is -2.06. The van der Waals surface area contributed by atoms with Crippen LogP contribution in [-0.4, -0.2) is 20.2 Å². The summed E-state index contributed by atoms with van der Waals surface area (Å²) in [7, 11) is 0. The molecule has 96 valence electrons. The van der Waals surface area contributed by atoms with Gasteiger partial charge in [-0.05, 0) is 16.8 Å². The summed E-state index contributed by atoms with van der Waals surface area (Å²) in [6.45, 7) is 0. The zero-order valence-corrected chi connectivity index (χ0v) is 10.4. The molecule has 0 spiro atoms. The van der Waals surface area contributed by atoms with E-state index in [9.17, 15) is 4.79 Å². The molecule has 0 atom stereocenters. The van der Waals surface area contributed by atoms with Crippen molar-refractivity contribution in [2.24, 2.45) is 0 Å². The molecule has 2 heterocycles. The molecule has 5 nitrogen and oxygen atoms in total. The third kappa shape index (κ3) is 1.60. The van der Waals surface area contributed by atoms with Gasteiger partial charge in [0.15, 0.2) is 5.52 Å². The number of benzene rings is 2. The van der Waals surface area contributed by atoms with Gasteiger partial charge in [-0.25, -0.2) is 10.1 Å². The molecule has 0 radical (unpaired) electrons. The summed E-state index contributed by atoms with van der Waals surface area (Å²) in [5.41, 5.74) is 1.67. The van der Waals surface area contributed by atoms with E-state index < -0.39 is 0 Å². The van der Waals surface area contributed by atoms with Gasteiger partial charge in [0, 0.05) is 5.56 Å². The summed E-state index contributed by atoms with van der Waals surface area (Å²) >= 11 is 0. The molecule has 0 saturated carbocycles. The highest BCUT2D eigenvalue weighted by Crippen LogP contribution is 2.23. The fourth-order valence-corrected chi connectivity index (χ4v) is 2.33. The molecule has 0 fully saturated rings. The highest BCUT2D eigenvalue weighted by Gasteiger charge is 2.08. The average molecular weight is 262 g/mol. The number of hydrogen-bond acceptors (Lipinski definition) is 3. The van der Waals surface area contributed by atoms with Crippen LogP contribution >= 0.6 is 0 Å². The minimum atomic E-state index is -0.286. The number of imidazole rings is 1. The molecule has 0 saturated heterocycles. The second-order valence-corrected chi connectivity index (χ2v) is 4.61. The monoisotopic (exact) mass is 262 g/mol. The van der Waals surface area contributed by atoms with Crippen molar-refractivity contribution in [3.63, 3.8) is 0 Å². The van der Waals surface area contributed by atoms with Crippen LogP contribution in [0.3, 0.4) is 0 Å². The van der Waals surface area contributed by atoms with Crippen LogP contribution in [0, 0.1) is 0 Å². The Balaban J connectivity index is 1.96. The van der Waals surface area contributed by atoms with E-state index in [1.54, 1.807) is 6.20 Å². The summed E-state index contributed by atoms with van der Waals surface area (Å²) in [5.74, 6) is 0.671. The Bertz CT molecular complexity index is 984. The third-order valence-electron chi connectivity index (χ3n) is 3.33. The van der Waals surface area contributed by atoms with E-state index >= 15 is 0 Å². The van der Waals surface area contributed by atoms with Gasteiger partial charge in [0.2, 0.25) is 0 Å². The van der Waals surface area contributed by atoms with Gasteiger partial charge in [-0.15, -0.1) is 0 Å². The highest BCUT2D eigenvalue weighted by atomic mass is 16.1. The molecule has 4 rings (SSSR count). The molecular formula is C15H10N4O. The van der Waals surface area contributed by atoms with Gasteiger partial charge < -0.3 is 4.98 Å². The van der Waals surface area contributed by atoms with E-state index in [4.69, 9.17) is 0 Å². The maximum Gasteiger partial charge on any atom is 0.292 e. The summed E-state index contributed by atoms with van der Waals surface area (Å²) in [4.78, 5) is 19.1. The fraction of sp³-hybridized carbons (Fsp3) is 0. The topological polar surface area (TPSA) is 74.4 Å². The summed E-state index contributed by atoms with van der Waals surface area (Å²) in [6, 6.07) is 14.2. The normalized spacial score (nSPS) is 11.2. The van der Waals surface area contributed by atoms with E-state index in [0.717, 1.165) is 10.9 Å². The first-order valence-corrected chi connectivity index (χ1v) is 6.24. The summed E-state index contributed by atoms with van der Waals surface area (Å²) < 4.78 is 0. The van der Waals surface area contributed by atoms with Crippen LogP contribution in [0.25, 0.3) is 33.2 Å². The Kier molecular flexibility index (Phi) is 2.20. The molecule has 5 heteroatoms. The Labute approximate surface area is 113 Å². The van der Waals surface area contributed by atoms with Gasteiger partial charge in [0.25, 0.3) is 5.56 Å². The minimum absolute atomic E-state index is 0.286. The van der Waals surface area contributed by atoms with Crippen molar-refractivity contribution >= 4 is 21.8 Å². The molecule has 0 bridgehead atoms. The van der Waals surface area contributed by atoms with Crippen molar-refractivity contribution < 1.29 is 0 Å². The Morgan fingerprint density at radius 2 is 1.85 bits per heavy atom. The van der Waals surface area contributed by atoms with Gasteiger partial charge >= 0.3 is 0 Å². The van der Waals surface area contributed by atoms with Gasteiger partial charge in [-0.3, -0.25) is 4.79 Å². The van der Waals surface area contributed by atoms with Gasteiger partial charge in [0.05, 0.1) is 11.7 Å². The van der Waals surface area contributed by atoms with Crippen molar-refractivity contribution in [3.8, 4) is 11.4 Å². The highest BCUT2D eigenvalue weighted by molar-refractivity contribution is 5.87. The predicted octanol–water partition coefficient (Wildman–Crippen LogP) is 2.47. The van der Waals surface area contributed by atoms with Crippen molar-refractivity contribution in [1.29, 1.82) is 0 Å². The molecule has 0 aliphatic heterocycles. The first-order valence-electron chi connectivity index (χ1n) is 6.24. The van der Waals surface area contributed by atoms with Gasteiger partial charge in [-0.1, -0.05) is 36.4 Å². The minimum Gasteiger partial charge on any atom is -0.336 e. The molecule has 2 N–H and O–H groups in total. The first-order chi connectivity index (χ1) is 9.81. The number of nitrogens with zero attached hydrogens (tertiary/aromatic N) is 2. The number of hydrogen-bond donors (Lipinski definition) is 2. The molecule has 0 aliphatic carbocycles. The molecule has 20 heavy (non-hydrogen) atoms. The quantitative estimate of drug-likeness (QED) is 0.553. The zero-order chi connectivity index (χ0) is 13.5. The van der Waals surface area contributed by atoms with Crippen LogP contribution < -0.4 is 5.56 Å². The number of aromatic amines is 2. The second-order valence-electron chi connectivity index (χ2n) is 4.61. The summed E-state index contributed by atoms with van der Waals surface area (Å²) in [6.07, 6.45) is 1.56. The predicted molar refractivity (Wildman–Crippen MR) is 77.5 cm³/mol. The van der Waals surface area contributed by atoms with Gasteiger partial charge in [0.1, 0.15) is 5.82 Å². The standard InChI is InChI=1S/C15H10N4O/c20-15-13-12(8-16-19-15)17-14(18-13)11-6-5-9-3-1-2-4-10(9)7-11/h1-8H,(H,17,18)(H,19,20). The number of aromatic nitrogens is 4. The number of rotatable bonds is 1. The van der Waals surface area contributed by atoms with Crippen molar-refractivity contribution in [1.82, 2.24) is 20.2 Å². The molecule has 2 aromatic carbocycles. The Morgan fingerprint density at radius 3 is 2.70 bits per heavy atom. The van der Waals surface area contributed by atoms with Crippen LogP contribution in [0.5, 0.6) is 0 Å². The molecule has 0 aliphatic rings. The maximum atomic E-state index is 11.6. The SMILES string of the molecule is O=c1[nH]ncc2[nH]c(-c3ccc4ccccc4c3)nc12.